The van der Waals surface area contributed by atoms with Crippen LogP contribution in [-0.4, -0.2) is 55.2 Å². The zero-order valence-electron chi connectivity index (χ0n) is 12.8. The van der Waals surface area contributed by atoms with E-state index in [4.69, 9.17) is 0 Å². The lowest BCUT2D eigenvalue weighted by molar-refractivity contribution is 0.0341. The molecular weight excluding hydrogens is 294 g/mol. The van der Waals surface area contributed by atoms with Gasteiger partial charge < -0.3 is 10.0 Å². The minimum Gasteiger partial charge on any atom is -0.390 e. The second kappa shape index (κ2) is 5.42. The molecule has 1 saturated carbocycles. The molecule has 2 aromatic rings. The zero-order valence-corrected chi connectivity index (χ0v) is 12.8. The van der Waals surface area contributed by atoms with Gasteiger partial charge in [0.2, 0.25) is 5.82 Å². The van der Waals surface area contributed by atoms with Crippen LogP contribution in [0.4, 0.5) is 0 Å². The summed E-state index contributed by atoms with van der Waals surface area (Å²) in [6.45, 7) is 1.37. The van der Waals surface area contributed by atoms with E-state index in [1.165, 1.54) is 0 Å². The Labute approximate surface area is 133 Å². The van der Waals surface area contributed by atoms with Crippen LogP contribution in [0.3, 0.4) is 0 Å². The number of hydrogen-bond acceptors (Lipinski definition) is 5. The van der Waals surface area contributed by atoms with Gasteiger partial charge in [-0.05, 0) is 42.9 Å². The highest BCUT2D eigenvalue weighted by Gasteiger charge is 2.48. The first-order chi connectivity index (χ1) is 11.2. The van der Waals surface area contributed by atoms with Gasteiger partial charge in [0.25, 0.3) is 5.91 Å². The number of benzene rings is 1. The molecule has 0 unspecified atom stereocenters. The van der Waals surface area contributed by atoms with E-state index < -0.39 is 5.60 Å². The third-order valence-electron chi connectivity index (χ3n) is 5.05. The van der Waals surface area contributed by atoms with Crippen molar-refractivity contribution in [2.75, 3.05) is 13.1 Å². The molecule has 7 nitrogen and oxygen atoms in total. The van der Waals surface area contributed by atoms with Gasteiger partial charge in [0.05, 0.1) is 11.2 Å². The highest BCUT2D eigenvalue weighted by atomic mass is 16.3. The Morgan fingerprint density at radius 2 is 2.00 bits per heavy atom. The number of rotatable bonds is 3. The van der Waals surface area contributed by atoms with Gasteiger partial charge in [0.1, 0.15) is 0 Å². The quantitative estimate of drug-likeness (QED) is 0.889. The van der Waals surface area contributed by atoms with E-state index in [1.807, 2.05) is 23.1 Å². The van der Waals surface area contributed by atoms with Gasteiger partial charge in [-0.1, -0.05) is 18.2 Å². The summed E-state index contributed by atoms with van der Waals surface area (Å²) in [6, 6.07) is 7.33. The van der Waals surface area contributed by atoms with Crippen molar-refractivity contribution in [2.45, 2.75) is 31.3 Å². The Hall–Kier alpha value is -2.28. The molecule has 0 bridgehead atoms. The fourth-order valence-corrected chi connectivity index (χ4v) is 3.47. The molecule has 1 amide bonds. The van der Waals surface area contributed by atoms with Crippen LogP contribution < -0.4 is 0 Å². The van der Waals surface area contributed by atoms with Gasteiger partial charge in [-0.25, -0.2) is 0 Å². The SMILES string of the molecule is O=C(c1ccccc1-c1nn[nH]n1)N1CCC(C2(O)CC2)CC1. The first-order valence-electron chi connectivity index (χ1n) is 8.02. The van der Waals surface area contributed by atoms with Crippen molar-refractivity contribution >= 4 is 5.91 Å². The topological polar surface area (TPSA) is 95.0 Å². The molecular formula is C16H19N5O2. The van der Waals surface area contributed by atoms with E-state index in [-0.39, 0.29) is 5.91 Å². The lowest BCUT2D eigenvalue weighted by Crippen LogP contribution is -2.42. The second-order valence-corrected chi connectivity index (χ2v) is 6.45. The van der Waals surface area contributed by atoms with E-state index in [0.717, 1.165) is 25.7 Å². The van der Waals surface area contributed by atoms with Gasteiger partial charge in [-0.3, -0.25) is 4.79 Å². The summed E-state index contributed by atoms with van der Waals surface area (Å²) in [5, 5.41) is 24.2. The third-order valence-corrected chi connectivity index (χ3v) is 5.05. The predicted molar refractivity (Wildman–Crippen MR) is 82.4 cm³/mol. The van der Waals surface area contributed by atoms with E-state index in [9.17, 15) is 9.90 Å². The van der Waals surface area contributed by atoms with Crippen LogP contribution in [0.15, 0.2) is 24.3 Å². The minimum absolute atomic E-state index is 0.00774. The molecule has 4 rings (SSSR count). The zero-order chi connectivity index (χ0) is 15.9. The van der Waals surface area contributed by atoms with Crippen LogP contribution in [0.1, 0.15) is 36.0 Å². The number of tetrazole rings is 1. The summed E-state index contributed by atoms with van der Waals surface area (Å²) in [5.74, 6) is 0.752. The first kappa shape index (κ1) is 14.3. The van der Waals surface area contributed by atoms with Crippen LogP contribution in [0.25, 0.3) is 11.4 Å². The van der Waals surface area contributed by atoms with Crippen molar-refractivity contribution in [3.63, 3.8) is 0 Å². The summed E-state index contributed by atoms with van der Waals surface area (Å²) in [5.41, 5.74) is 0.837. The van der Waals surface area contributed by atoms with Gasteiger partial charge in [-0.2, -0.15) is 5.21 Å². The molecule has 2 fully saturated rings. The molecule has 1 aliphatic carbocycles. The smallest absolute Gasteiger partial charge is 0.254 e. The Balaban J connectivity index is 1.52. The molecule has 0 spiro atoms. The van der Waals surface area contributed by atoms with Crippen molar-refractivity contribution in [1.29, 1.82) is 0 Å². The van der Waals surface area contributed by atoms with Gasteiger partial charge in [0, 0.05) is 18.7 Å². The summed E-state index contributed by atoms with van der Waals surface area (Å²) >= 11 is 0. The minimum atomic E-state index is -0.447. The number of hydrogen-bond donors (Lipinski definition) is 2. The number of aromatic amines is 1. The molecule has 1 aromatic heterocycles. The second-order valence-electron chi connectivity index (χ2n) is 6.45. The number of piperidine rings is 1. The third kappa shape index (κ3) is 2.61. The molecule has 0 radical (unpaired) electrons. The molecule has 1 aromatic carbocycles. The number of nitrogens with zero attached hydrogens (tertiary/aromatic N) is 4. The Morgan fingerprint density at radius 3 is 2.65 bits per heavy atom. The van der Waals surface area contributed by atoms with Crippen molar-refractivity contribution in [3.05, 3.63) is 29.8 Å². The maximum Gasteiger partial charge on any atom is 0.254 e. The Morgan fingerprint density at radius 1 is 1.26 bits per heavy atom. The lowest BCUT2D eigenvalue weighted by Gasteiger charge is -2.34. The molecule has 1 aliphatic heterocycles. The highest BCUT2D eigenvalue weighted by Crippen LogP contribution is 2.46. The summed E-state index contributed by atoms with van der Waals surface area (Å²) < 4.78 is 0. The fraction of sp³-hybridized carbons (Fsp3) is 0.500. The average Bonchev–Trinajstić information content (AvgIpc) is 3.13. The monoisotopic (exact) mass is 313 g/mol. The van der Waals surface area contributed by atoms with Crippen LogP contribution in [-0.2, 0) is 0 Å². The van der Waals surface area contributed by atoms with Gasteiger partial charge in [-0.15, -0.1) is 10.2 Å². The number of H-pyrrole nitrogens is 1. The first-order valence-corrected chi connectivity index (χ1v) is 8.02. The number of aromatic nitrogens is 4. The van der Waals surface area contributed by atoms with E-state index in [0.29, 0.717) is 36.0 Å². The number of likely N-dealkylation sites (tertiary alicyclic amines) is 1. The number of carbonyl (C=O) groups is 1. The predicted octanol–water partition coefficient (Wildman–Crippen LogP) is 1.24. The van der Waals surface area contributed by atoms with Crippen molar-refractivity contribution in [1.82, 2.24) is 25.5 Å². The summed E-state index contributed by atoms with van der Waals surface area (Å²) in [4.78, 5) is 14.7. The maximum atomic E-state index is 12.9. The van der Waals surface area contributed by atoms with E-state index in [1.54, 1.807) is 6.07 Å². The molecule has 2 heterocycles. The lowest BCUT2D eigenvalue weighted by atomic mass is 9.89. The van der Waals surface area contributed by atoms with Crippen molar-refractivity contribution in [3.8, 4) is 11.4 Å². The van der Waals surface area contributed by atoms with Crippen LogP contribution in [0.5, 0.6) is 0 Å². The largest absolute Gasteiger partial charge is 0.390 e. The Kier molecular flexibility index (Phi) is 3.37. The normalized spacial score (nSPS) is 20.5. The van der Waals surface area contributed by atoms with E-state index >= 15 is 0 Å². The number of amides is 1. The standard InChI is InChI=1S/C16H19N5O2/c22-15(21-9-5-11(6-10-21)16(23)7-8-16)13-4-2-1-3-12(13)14-17-19-20-18-14/h1-4,11,23H,5-10H2,(H,17,18,19,20). The number of aliphatic hydroxyl groups is 1. The number of nitrogens with one attached hydrogen (secondary N) is 1. The fourth-order valence-electron chi connectivity index (χ4n) is 3.47. The van der Waals surface area contributed by atoms with Gasteiger partial charge in [0.15, 0.2) is 0 Å². The highest BCUT2D eigenvalue weighted by molar-refractivity contribution is 6.00. The number of carbonyl (C=O) groups excluding carboxylic acids is 1. The summed E-state index contributed by atoms with van der Waals surface area (Å²) in [6.07, 6.45) is 3.55. The molecule has 120 valence electrons. The van der Waals surface area contributed by atoms with Gasteiger partial charge >= 0.3 is 0 Å². The molecule has 2 N–H and O–H groups in total. The van der Waals surface area contributed by atoms with E-state index in [2.05, 4.69) is 20.6 Å². The van der Waals surface area contributed by atoms with Crippen LogP contribution in [0.2, 0.25) is 0 Å². The Bertz CT molecular complexity index is 703. The average molecular weight is 313 g/mol. The molecule has 23 heavy (non-hydrogen) atoms. The maximum absolute atomic E-state index is 12.9. The summed E-state index contributed by atoms with van der Waals surface area (Å²) in [7, 11) is 0. The molecule has 7 heteroatoms. The van der Waals surface area contributed by atoms with Crippen molar-refractivity contribution < 1.29 is 9.90 Å². The van der Waals surface area contributed by atoms with Crippen LogP contribution in [0, 0.1) is 5.92 Å². The molecule has 2 aliphatic rings. The molecule has 1 saturated heterocycles. The van der Waals surface area contributed by atoms with Crippen LogP contribution >= 0.6 is 0 Å². The van der Waals surface area contributed by atoms with Crippen molar-refractivity contribution in [2.24, 2.45) is 5.92 Å². The molecule has 0 atom stereocenters.